The fraction of sp³-hybridized carbons (Fsp3) is 0.263. The van der Waals surface area contributed by atoms with E-state index in [4.69, 9.17) is 16.3 Å². The maximum absolute atomic E-state index is 12.6. The van der Waals surface area contributed by atoms with E-state index in [1.807, 2.05) is 30.3 Å². The van der Waals surface area contributed by atoms with E-state index in [0.717, 1.165) is 5.56 Å². The minimum atomic E-state index is -0.470. The van der Waals surface area contributed by atoms with Gasteiger partial charge in [0.25, 0.3) is 0 Å². The van der Waals surface area contributed by atoms with Crippen LogP contribution in [0.5, 0.6) is 0 Å². The summed E-state index contributed by atoms with van der Waals surface area (Å²) in [6.07, 6.45) is -0.470. The van der Waals surface area contributed by atoms with Gasteiger partial charge in [-0.2, -0.15) is 0 Å². The van der Waals surface area contributed by atoms with Crippen LogP contribution >= 0.6 is 23.4 Å². The van der Waals surface area contributed by atoms with Gasteiger partial charge in [0.1, 0.15) is 6.10 Å². The smallest absolute Gasteiger partial charge is 0.339 e. The summed E-state index contributed by atoms with van der Waals surface area (Å²) in [5, 5.41) is 0.557. The highest BCUT2D eigenvalue weighted by atomic mass is 35.5. The van der Waals surface area contributed by atoms with Crippen molar-refractivity contribution < 1.29 is 14.3 Å². The number of carbonyl (C=O) groups is 2. The molecule has 2 aromatic carbocycles. The van der Waals surface area contributed by atoms with E-state index in [9.17, 15) is 9.59 Å². The molecule has 0 fully saturated rings. The average molecular weight is 378 g/mol. The fourth-order valence-corrected chi connectivity index (χ4v) is 3.43. The van der Waals surface area contributed by atoms with E-state index in [0.29, 0.717) is 15.5 Å². The molecule has 25 heavy (non-hydrogen) atoms. The van der Waals surface area contributed by atoms with Crippen LogP contribution in [0.15, 0.2) is 53.4 Å². The lowest BCUT2D eigenvalue weighted by atomic mass is 10.1. The quantitative estimate of drug-likeness (QED) is 0.551. The first-order valence-electron chi connectivity index (χ1n) is 7.77. The third-order valence-corrected chi connectivity index (χ3v) is 4.99. The van der Waals surface area contributed by atoms with Gasteiger partial charge < -0.3 is 9.64 Å². The van der Waals surface area contributed by atoms with Crippen molar-refractivity contribution in [1.82, 2.24) is 4.90 Å². The highest BCUT2D eigenvalue weighted by Crippen LogP contribution is 2.28. The number of carbonyl (C=O) groups excluding carboxylic acids is 2. The monoisotopic (exact) mass is 377 g/mol. The molecular weight excluding hydrogens is 358 g/mol. The molecule has 0 saturated heterocycles. The van der Waals surface area contributed by atoms with Gasteiger partial charge >= 0.3 is 5.97 Å². The highest BCUT2D eigenvalue weighted by Gasteiger charge is 2.19. The molecular formula is C19H20ClNO3S. The molecule has 6 heteroatoms. The Morgan fingerprint density at radius 3 is 2.44 bits per heavy atom. The van der Waals surface area contributed by atoms with Crippen molar-refractivity contribution in [2.45, 2.75) is 17.9 Å². The number of rotatable bonds is 6. The van der Waals surface area contributed by atoms with Crippen molar-refractivity contribution in [3.8, 4) is 0 Å². The Labute approximate surface area is 157 Å². The van der Waals surface area contributed by atoms with Gasteiger partial charge in [-0.15, -0.1) is 11.8 Å². The molecule has 0 N–H and O–H groups in total. The summed E-state index contributed by atoms with van der Waals surface area (Å²) in [7, 11) is 3.41. The van der Waals surface area contributed by atoms with Gasteiger partial charge in [0.05, 0.1) is 11.3 Å². The number of halogens is 1. The molecule has 1 atom stereocenters. The van der Waals surface area contributed by atoms with Crippen molar-refractivity contribution in [2.24, 2.45) is 0 Å². The molecule has 0 aliphatic heterocycles. The van der Waals surface area contributed by atoms with Gasteiger partial charge in [0.15, 0.2) is 0 Å². The number of hydrogen-bond donors (Lipinski definition) is 0. The molecule has 0 aromatic heterocycles. The molecule has 0 aliphatic carbocycles. The topological polar surface area (TPSA) is 46.6 Å². The molecule has 2 rings (SSSR count). The third kappa shape index (κ3) is 5.25. The lowest BCUT2D eigenvalue weighted by Gasteiger charge is -2.16. The van der Waals surface area contributed by atoms with Crippen LogP contribution in [0, 0.1) is 0 Å². The molecule has 4 nitrogen and oxygen atoms in total. The number of ether oxygens (including phenoxy) is 1. The van der Waals surface area contributed by atoms with Crippen molar-refractivity contribution >= 4 is 35.2 Å². The van der Waals surface area contributed by atoms with Gasteiger partial charge in [0.2, 0.25) is 5.91 Å². The second-order valence-corrected chi connectivity index (χ2v) is 7.07. The second-order valence-electron chi connectivity index (χ2n) is 5.64. The Kier molecular flexibility index (Phi) is 6.91. The average Bonchev–Trinajstić information content (AvgIpc) is 2.60. The van der Waals surface area contributed by atoms with E-state index < -0.39 is 12.1 Å². The van der Waals surface area contributed by atoms with Gasteiger partial charge in [-0.1, -0.05) is 41.9 Å². The van der Waals surface area contributed by atoms with Crippen LogP contribution in [-0.2, 0) is 9.53 Å². The number of thioether (sulfide) groups is 1. The minimum Gasteiger partial charge on any atom is -0.454 e. The van der Waals surface area contributed by atoms with Crippen LogP contribution in [-0.4, -0.2) is 36.6 Å². The van der Waals surface area contributed by atoms with Crippen LogP contribution in [0.3, 0.4) is 0 Å². The molecule has 1 unspecified atom stereocenters. The molecule has 0 heterocycles. The van der Waals surface area contributed by atoms with E-state index >= 15 is 0 Å². The van der Waals surface area contributed by atoms with E-state index in [1.54, 1.807) is 39.2 Å². The number of amides is 1. The summed E-state index contributed by atoms with van der Waals surface area (Å²) in [4.78, 5) is 26.6. The Hall–Kier alpha value is -1.98. The SMILES string of the molecule is CC(OC(=O)c1ccccc1SCC(=O)N(C)C)c1ccccc1Cl. The maximum atomic E-state index is 12.6. The van der Waals surface area contributed by atoms with Crippen molar-refractivity contribution in [3.05, 3.63) is 64.7 Å². The van der Waals surface area contributed by atoms with Crippen LogP contribution in [0.1, 0.15) is 28.9 Å². The number of nitrogens with zero attached hydrogens (tertiary/aromatic N) is 1. The number of benzene rings is 2. The van der Waals surface area contributed by atoms with Gasteiger partial charge in [-0.05, 0) is 25.1 Å². The van der Waals surface area contributed by atoms with Crippen LogP contribution < -0.4 is 0 Å². The predicted octanol–water partition coefficient (Wildman–Crippen LogP) is 4.44. The van der Waals surface area contributed by atoms with Crippen molar-refractivity contribution in [3.63, 3.8) is 0 Å². The summed E-state index contributed by atoms with van der Waals surface area (Å²) >= 11 is 7.48. The van der Waals surface area contributed by atoms with Gasteiger partial charge in [-0.25, -0.2) is 4.79 Å². The first-order chi connectivity index (χ1) is 11.9. The molecule has 0 spiro atoms. The standard InChI is InChI=1S/C19H20ClNO3S/c1-13(14-8-4-6-10-16(14)20)24-19(23)15-9-5-7-11-17(15)25-12-18(22)21(2)3/h4-11,13H,12H2,1-3H3. The summed E-state index contributed by atoms with van der Waals surface area (Å²) in [6.45, 7) is 1.78. The Morgan fingerprint density at radius 1 is 1.12 bits per heavy atom. The Morgan fingerprint density at radius 2 is 1.76 bits per heavy atom. The zero-order valence-electron chi connectivity index (χ0n) is 14.4. The van der Waals surface area contributed by atoms with E-state index in [1.165, 1.54) is 16.7 Å². The fourth-order valence-electron chi connectivity index (χ4n) is 2.12. The lowest BCUT2D eigenvalue weighted by Crippen LogP contribution is -2.23. The lowest BCUT2D eigenvalue weighted by molar-refractivity contribution is -0.125. The second kappa shape index (κ2) is 8.92. The van der Waals surface area contributed by atoms with Crippen molar-refractivity contribution in [1.29, 1.82) is 0 Å². The van der Waals surface area contributed by atoms with Gasteiger partial charge in [-0.3, -0.25) is 4.79 Å². The normalized spacial score (nSPS) is 11.7. The summed E-state index contributed by atoms with van der Waals surface area (Å²) in [5.41, 5.74) is 1.20. The first kappa shape index (κ1) is 19.3. The number of esters is 1. The Balaban J connectivity index is 2.11. The summed E-state index contributed by atoms with van der Waals surface area (Å²) in [5.74, 6) is -0.192. The third-order valence-electron chi connectivity index (χ3n) is 3.58. The molecule has 0 radical (unpaired) electrons. The summed E-state index contributed by atoms with van der Waals surface area (Å²) in [6, 6.07) is 14.4. The van der Waals surface area contributed by atoms with Crippen LogP contribution in [0.2, 0.25) is 5.02 Å². The van der Waals surface area contributed by atoms with E-state index in [-0.39, 0.29) is 11.7 Å². The molecule has 132 valence electrons. The first-order valence-corrected chi connectivity index (χ1v) is 9.14. The highest BCUT2D eigenvalue weighted by molar-refractivity contribution is 8.00. The summed E-state index contributed by atoms with van der Waals surface area (Å²) < 4.78 is 5.57. The van der Waals surface area contributed by atoms with Crippen LogP contribution in [0.4, 0.5) is 0 Å². The van der Waals surface area contributed by atoms with Crippen molar-refractivity contribution in [2.75, 3.05) is 19.8 Å². The predicted molar refractivity (Wildman–Crippen MR) is 101 cm³/mol. The van der Waals surface area contributed by atoms with Crippen LogP contribution in [0.25, 0.3) is 0 Å². The molecule has 2 aromatic rings. The molecule has 0 aliphatic rings. The number of hydrogen-bond acceptors (Lipinski definition) is 4. The zero-order valence-corrected chi connectivity index (χ0v) is 15.9. The van der Waals surface area contributed by atoms with Gasteiger partial charge in [0, 0.05) is 29.6 Å². The largest absolute Gasteiger partial charge is 0.454 e. The maximum Gasteiger partial charge on any atom is 0.339 e. The zero-order chi connectivity index (χ0) is 18.4. The molecule has 1 amide bonds. The minimum absolute atomic E-state index is 0.0161. The molecule has 0 saturated carbocycles. The van der Waals surface area contributed by atoms with E-state index in [2.05, 4.69) is 0 Å². The molecule has 0 bridgehead atoms. The Bertz CT molecular complexity index is 764.